The molecular weight excluding hydrogens is 222 g/mol. The van der Waals surface area contributed by atoms with Crippen LogP contribution in [0.3, 0.4) is 0 Å². The van der Waals surface area contributed by atoms with Crippen molar-refractivity contribution in [2.24, 2.45) is 0 Å². The van der Waals surface area contributed by atoms with E-state index in [1.54, 1.807) is 24.3 Å². The van der Waals surface area contributed by atoms with E-state index in [1.807, 2.05) is 0 Å². The van der Waals surface area contributed by atoms with Crippen molar-refractivity contribution in [3.8, 4) is 0 Å². The molecule has 1 aromatic rings. The fourth-order valence-electron chi connectivity index (χ4n) is 1.95. The molecule has 1 aliphatic heterocycles. The van der Waals surface area contributed by atoms with Crippen LogP contribution in [0, 0.1) is 0 Å². The lowest BCUT2D eigenvalue weighted by molar-refractivity contribution is -0.136. The van der Waals surface area contributed by atoms with Gasteiger partial charge in [-0.05, 0) is 17.7 Å². The van der Waals surface area contributed by atoms with Crippen LogP contribution in [0.2, 0.25) is 0 Å². The van der Waals surface area contributed by atoms with Crippen LogP contribution in [0.5, 0.6) is 0 Å². The van der Waals surface area contributed by atoms with Gasteiger partial charge in [0.2, 0.25) is 5.91 Å². The molecule has 17 heavy (non-hydrogen) atoms. The fraction of sp³-hybridized carbons (Fsp3) is 0.333. The van der Waals surface area contributed by atoms with Crippen LogP contribution in [0.15, 0.2) is 24.3 Å². The number of hydrogen-bond acceptors (Lipinski definition) is 3. The maximum Gasteiger partial charge on any atom is 0.307 e. The molecule has 2 rings (SSSR count). The molecule has 90 valence electrons. The van der Waals surface area contributed by atoms with Gasteiger partial charge in [0.25, 0.3) is 0 Å². The third-order valence-electron chi connectivity index (χ3n) is 2.68. The van der Waals surface area contributed by atoms with Crippen LogP contribution in [0.25, 0.3) is 0 Å². The van der Waals surface area contributed by atoms with E-state index in [4.69, 9.17) is 5.11 Å². The molecule has 1 aliphatic rings. The van der Waals surface area contributed by atoms with Crippen molar-refractivity contribution >= 4 is 17.6 Å². The van der Waals surface area contributed by atoms with Crippen molar-refractivity contribution in [2.45, 2.75) is 18.9 Å². The minimum absolute atomic E-state index is 0.0710. The normalized spacial score (nSPS) is 19.7. The molecule has 1 fully saturated rings. The maximum absolute atomic E-state index is 11.6. The number of aliphatic hydroxyl groups excluding tert-OH is 1. The second-order valence-electron chi connectivity index (χ2n) is 4.10. The predicted octanol–water partition coefficient (Wildman–Crippen LogP) is 0.411. The molecular formula is C12H13NO4. The summed E-state index contributed by atoms with van der Waals surface area (Å²) in [5, 5.41) is 18.1. The minimum atomic E-state index is -0.907. The minimum Gasteiger partial charge on any atom is -0.481 e. The molecule has 0 spiro atoms. The van der Waals surface area contributed by atoms with E-state index in [9.17, 15) is 14.7 Å². The molecule has 0 saturated carbocycles. The molecule has 1 heterocycles. The van der Waals surface area contributed by atoms with Gasteiger partial charge in [-0.2, -0.15) is 0 Å². The number of benzene rings is 1. The highest BCUT2D eigenvalue weighted by Gasteiger charge is 2.29. The highest BCUT2D eigenvalue weighted by atomic mass is 16.4. The van der Waals surface area contributed by atoms with Gasteiger partial charge in [0.1, 0.15) is 0 Å². The van der Waals surface area contributed by atoms with Gasteiger partial charge in [0.15, 0.2) is 0 Å². The molecule has 2 N–H and O–H groups in total. The molecule has 5 nitrogen and oxygen atoms in total. The molecule has 0 radical (unpaired) electrons. The van der Waals surface area contributed by atoms with Gasteiger partial charge in [0, 0.05) is 5.69 Å². The van der Waals surface area contributed by atoms with Crippen LogP contribution in [0.1, 0.15) is 12.0 Å². The van der Waals surface area contributed by atoms with Crippen molar-refractivity contribution in [3.63, 3.8) is 0 Å². The molecule has 0 aliphatic carbocycles. The Bertz CT molecular complexity index is 458. The van der Waals surface area contributed by atoms with E-state index < -0.39 is 12.1 Å². The van der Waals surface area contributed by atoms with E-state index in [0.29, 0.717) is 11.3 Å². The lowest BCUT2D eigenvalue weighted by Gasteiger charge is -2.16. The van der Waals surface area contributed by atoms with Gasteiger partial charge < -0.3 is 15.1 Å². The Hall–Kier alpha value is -1.88. The van der Waals surface area contributed by atoms with Crippen LogP contribution < -0.4 is 4.90 Å². The van der Waals surface area contributed by atoms with Gasteiger partial charge in [-0.25, -0.2) is 0 Å². The summed E-state index contributed by atoms with van der Waals surface area (Å²) in [6, 6.07) is 6.82. The SMILES string of the molecule is O=C(O)Cc1cccc(N2CC(O)CC2=O)c1. The molecule has 1 atom stereocenters. The first-order valence-electron chi connectivity index (χ1n) is 5.35. The molecule has 5 heteroatoms. The number of aliphatic hydroxyl groups is 1. The average Bonchev–Trinajstić information content (AvgIpc) is 2.57. The van der Waals surface area contributed by atoms with E-state index in [-0.39, 0.29) is 25.3 Å². The van der Waals surface area contributed by atoms with Crippen LogP contribution >= 0.6 is 0 Å². The summed E-state index contributed by atoms with van der Waals surface area (Å²) in [6.45, 7) is 0.273. The number of carbonyl (C=O) groups excluding carboxylic acids is 1. The van der Waals surface area contributed by atoms with Gasteiger partial charge in [-0.1, -0.05) is 12.1 Å². The van der Waals surface area contributed by atoms with Crippen LogP contribution in [-0.4, -0.2) is 34.7 Å². The zero-order valence-corrected chi connectivity index (χ0v) is 9.17. The van der Waals surface area contributed by atoms with Crippen molar-refractivity contribution in [1.29, 1.82) is 0 Å². The fourth-order valence-corrected chi connectivity index (χ4v) is 1.95. The Morgan fingerprint density at radius 1 is 1.47 bits per heavy atom. The van der Waals surface area contributed by atoms with Gasteiger partial charge in [-0.3, -0.25) is 9.59 Å². The molecule has 1 aromatic carbocycles. The summed E-state index contributed by atoms with van der Waals surface area (Å²) >= 11 is 0. The Morgan fingerprint density at radius 2 is 2.24 bits per heavy atom. The monoisotopic (exact) mass is 235 g/mol. The number of amides is 1. The number of anilines is 1. The number of carboxylic acid groups (broad SMARTS) is 1. The zero-order chi connectivity index (χ0) is 12.4. The standard InChI is InChI=1S/C12H13NO4/c14-10-6-11(15)13(7-10)9-3-1-2-8(4-9)5-12(16)17/h1-4,10,14H,5-7H2,(H,16,17). The summed E-state index contributed by atoms with van der Waals surface area (Å²) in [5.41, 5.74) is 1.29. The van der Waals surface area contributed by atoms with Crippen molar-refractivity contribution in [3.05, 3.63) is 29.8 Å². The first kappa shape index (κ1) is 11.6. The summed E-state index contributed by atoms with van der Waals surface area (Å²) in [7, 11) is 0. The lowest BCUT2D eigenvalue weighted by Crippen LogP contribution is -2.25. The van der Waals surface area contributed by atoms with Crippen LogP contribution in [0.4, 0.5) is 5.69 Å². The Kier molecular flexibility index (Phi) is 3.10. The third-order valence-corrected chi connectivity index (χ3v) is 2.68. The maximum atomic E-state index is 11.6. The number of hydrogen-bond donors (Lipinski definition) is 2. The smallest absolute Gasteiger partial charge is 0.307 e. The van der Waals surface area contributed by atoms with Gasteiger partial charge >= 0.3 is 5.97 Å². The Balaban J connectivity index is 2.21. The first-order chi connectivity index (χ1) is 8.06. The lowest BCUT2D eigenvalue weighted by atomic mass is 10.1. The van der Waals surface area contributed by atoms with Crippen molar-refractivity contribution in [2.75, 3.05) is 11.4 Å². The number of carbonyl (C=O) groups is 2. The summed E-state index contributed by atoms with van der Waals surface area (Å²) in [4.78, 5) is 23.6. The number of β-amino-alcohol motifs (C(OH)–C–C–N with tert-alkyl or cyclic N) is 1. The van der Waals surface area contributed by atoms with E-state index >= 15 is 0 Å². The predicted molar refractivity (Wildman–Crippen MR) is 60.8 cm³/mol. The van der Waals surface area contributed by atoms with E-state index in [2.05, 4.69) is 0 Å². The number of nitrogens with zero attached hydrogens (tertiary/aromatic N) is 1. The average molecular weight is 235 g/mol. The quantitative estimate of drug-likeness (QED) is 0.795. The van der Waals surface area contributed by atoms with Gasteiger partial charge in [-0.15, -0.1) is 0 Å². The highest BCUT2D eigenvalue weighted by Crippen LogP contribution is 2.22. The molecule has 0 aromatic heterocycles. The Morgan fingerprint density at radius 3 is 2.82 bits per heavy atom. The largest absolute Gasteiger partial charge is 0.481 e. The Labute approximate surface area is 98.3 Å². The topological polar surface area (TPSA) is 77.8 Å². The molecule has 1 amide bonds. The van der Waals surface area contributed by atoms with Crippen molar-refractivity contribution in [1.82, 2.24) is 0 Å². The number of carboxylic acids is 1. The van der Waals surface area contributed by atoms with E-state index in [0.717, 1.165) is 0 Å². The highest BCUT2D eigenvalue weighted by molar-refractivity contribution is 5.96. The zero-order valence-electron chi connectivity index (χ0n) is 9.17. The summed E-state index contributed by atoms with van der Waals surface area (Å²) < 4.78 is 0. The van der Waals surface area contributed by atoms with E-state index in [1.165, 1.54) is 4.90 Å². The second kappa shape index (κ2) is 4.55. The van der Waals surface area contributed by atoms with Crippen LogP contribution in [-0.2, 0) is 16.0 Å². The third kappa shape index (κ3) is 2.62. The molecule has 0 bridgehead atoms. The van der Waals surface area contributed by atoms with Crippen molar-refractivity contribution < 1.29 is 19.8 Å². The molecule has 1 unspecified atom stereocenters. The van der Waals surface area contributed by atoms with Gasteiger partial charge in [0.05, 0.1) is 25.5 Å². The second-order valence-corrected chi connectivity index (χ2v) is 4.10. The summed E-state index contributed by atoms with van der Waals surface area (Å²) in [6.07, 6.45) is -0.577. The summed E-state index contributed by atoms with van der Waals surface area (Å²) in [5.74, 6) is -1.04. The number of aliphatic carboxylic acids is 1. The first-order valence-corrected chi connectivity index (χ1v) is 5.35. The molecule has 1 saturated heterocycles. The number of rotatable bonds is 3.